The van der Waals surface area contributed by atoms with Gasteiger partial charge < -0.3 is 10.5 Å². The average Bonchev–Trinajstić information content (AvgIpc) is 2.49. The van der Waals surface area contributed by atoms with Crippen LogP contribution in [-0.4, -0.2) is 11.3 Å². The van der Waals surface area contributed by atoms with Crippen LogP contribution in [0.15, 0.2) is 41.3 Å². The lowest BCUT2D eigenvalue weighted by Crippen LogP contribution is -2.04. The minimum absolute atomic E-state index is 0.0252. The number of benzene rings is 2. The van der Waals surface area contributed by atoms with Crippen molar-refractivity contribution in [3.05, 3.63) is 59.2 Å². The molecule has 0 saturated carbocycles. The van der Waals surface area contributed by atoms with Gasteiger partial charge in [-0.15, -0.1) is 0 Å². The second-order valence-electron chi connectivity index (χ2n) is 4.41. The minimum Gasteiger partial charge on any atom is -0.496 e. The van der Waals surface area contributed by atoms with E-state index in [1.165, 1.54) is 7.11 Å². The molecule has 0 spiro atoms. The van der Waals surface area contributed by atoms with Crippen molar-refractivity contribution in [3.63, 3.8) is 0 Å². The summed E-state index contributed by atoms with van der Waals surface area (Å²) >= 11 is 0. The molecular weight excluding hydrogens is 296 g/mol. The summed E-state index contributed by atoms with van der Waals surface area (Å²) in [6.07, 6.45) is 0. The van der Waals surface area contributed by atoms with E-state index in [9.17, 15) is 13.0 Å². The zero-order valence-electron chi connectivity index (χ0n) is 11.4. The Morgan fingerprint density at radius 3 is 2.62 bits per heavy atom. The monoisotopic (exact) mass is 311 g/mol. The topological polar surface area (TPSA) is 52.3 Å². The normalized spacial score (nSPS) is 12.2. The first-order valence-electron chi connectivity index (χ1n) is 6.24. The van der Waals surface area contributed by atoms with Gasteiger partial charge in [0, 0.05) is 12.1 Å². The lowest BCUT2D eigenvalue weighted by molar-refractivity contribution is 0.411. The Bertz CT molecular complexity index is 677. The van der Waals surface area contributed by atoms with Crippen LogP contribution in [0.25, 0.3) is 0 Å². The molecule has 6 heteroatoms. The molecule has 0 fully saturated rings. The molecule has 0 saturated heterocycles. The molecule has 0 aromatic heterocycles. The van der Waals surface area contributed by atoms with Crippen molar-refractivity contribution in [2.24, 2.45) is 5.73 Å². The number of ether oxygens (including phenoxy) is 1. The van der Waals surface area contributed by atoms with E-state index in [-0.39, 0.29) is 10.6 Å². The van der Waals surface area contributed by atoms with Crippen LogP contribution < -0.4 is 10.5 Å². The van der Waals surface area contributed by atoms with E-state index in [1.807, 2.05) is 0 Å². The molecule has 112 valence electrons. The molecule has 2 aromatic carbocycles. The van der Waals surface area contributed by atoms with Gasteiger partial charge in [-0.2, -0.15) is 0 Å². The van der Waals surface area contributed by atoms with E-state index >= 15 is 0 Å². The lowest BCUT2D eigenvalue weighted by atomic mass is 10.1. The van der Waals surface area contributed by atoms with Gasteiger partial charge in [-0.1, -0.05) is 6.07 Å². The van der Waals surface area contributed by atoms with Crippen molar-refractivity contribution in [1.82, 2.24) is 0 Å². The van der Waals surface area contributed by atoms with Crippen molar-refractivity contribution >= 4 is 10.8 Å². The molecule has 0 aliphatic carbocycles. The fourth-order valence-electron chi connectivity index (χ4n) is 1.94. The van der Waals surface area contributed by atoms with Crippen LogP contribution >= 0.6 is 0 Å². The molecule has 0 radical (unpaired) electrons. The van der Waals surface area contributed by atoms with Crippen molar-refractivity contribution in [2.45, 2.75) is 17.2 Å². The van der Waals surface area contributed by atoms with Gasteiger partial charge in [-0.25, -0.2) is 8.78 Å². The number of methoxy groups -OCH3 is 1. The second-order valence-corrected chi connectivity index (χ2v) is 5.83. The van der Waals surface area contributed by atoms with E-state index in [4.69, 9.17) is 10.5 Å². The highest BCUT2D eigenvalue weighted by atomic mass is 32.2. The summed E-state index contributed by atoms with van der Waals surface area (Å²) in [5.74, 6) is -0.749. The zero-order chi connectivity index (χ0) is 15.4. The Kier molecular flexibility index (Phi) is 5.03. The molecule has 0 aliphatic rings. The van der Waals surface area contributed by atoms with Crippen molar-refractivity contribution in [2.75, 3.05) is 7.11 Å². The highest BCUT2D eigenvalue weighted by molar-refractivity contribution is 7.84. The molecular formula is C15H15F2NO2S. The quantitative estimate of drug-likeness (QED) is 0.924. The molecule has 0 bridgehead atoms. The Morgan fingerprint density at radius 1 is 1.19 bits per heavy atom. The van der Waals surface area contributed by atoms with E-state index in [2.05, 4.69) is 0 Å². The summed E-state index contributed by atoms with van der Waals surface area (Å²) in [6.45, 7) is 0.331. The number of hydrogen-bond acceptors (Lipinski definition) is 3. The summed E-state index contributed by atoms with van der Waals surface area (Å²) in [5.41, 5.74) is 7.06. The van der Waals surface area contributed by atoms with Gasteiger partial charge >= 0.3 is 0 Å². The van der Waals surface area contributed by atoms with Crippen LogP contribution in [0.3, 0.4) is 0 Å². The largest absolute Gasteiger partial charge is 0.496 e. The van der Waals surface area contributed by atoms with Gasteiger partial charge in [0.1, 0.15) is 17.4 Å². The van der Waals surface area contributed by atoms with Crippen LogP contribution in [0.2, 0.25) is 0 Å². The first-order valence-corrected chi connectivity index (χ1v) is 7.56. The first-order chi connectivity index (χ1) is 10.0. The second kappa shape index (κ2) is 6.78. The number of nitrogens with two attached hydrogens (primary N) is 1. The zero-order valence-corrected chi connectivity index (χ0v) is 12.3. The predicted molar refractivity (Wildman–Crippen MR) is 77.4 cm³/mol. The van der Waals surface area contributed by atoms with E-state index in [0.29, 0.717) is 17.9 Å². The van der Waals surface area contributed by atoms with Gasteiger partial charge in [-0.05, 0) is 35.9 Å². The molecule has 2 N–H and O–H groups in total. The van der Waals surface area contributed by atoms with Gasteiger partial charge in [0.2, 0.25) is 0 Å². The fourth-order valence-corrected chi connectivity index (χ4v) is 3.14. The standard InChI is InChI=1S/C15H15F2NO2S/c1-20-14-5-2-10(8-18)6-11(14)9-21(19)15-7-12(16)3-4-13(15)17/h2-7H,8-9,18H2,1H3. The molecule has 2 aromatic rings. The maximum absolute atomic E-state index is 13.6. The molecule has 21 heavy (non-hydrogen) atoms. The van der Waals surface area contributed by atoms with Gasteiger partial charge in [-0.3, -0.25) is 4.21 Å². The smallest absolute Gasteiger partial charge is 0.139 e. The Morgan fingerprint density at radius 2 is 1.95 bits per heavy atom. The predicted octanol–water partition coefficient (Wildman–Crippen LogP) is 2.74. The molecule has 0 heterocycles. The maximum Gasteiger partial charge on any atom is 0.139 e. The Labute approximate surface area is 124 Å². The van der Waals surface area contributed by atoms with E-state index in [0.717, 1.165) is 23.8 Å². The molecule has 1 atom stereocenters. The molecule has 0 aliphatic heterocycles. The highest BCUT2D eigenvalue weighted by Crippen LogP contribution is 2.24. The first kappa shape index (κ1) is 15.6. The number of halogens is 2. The molecule has 2 rings (SSSR count). The van der Waals surface area contributed by atoms with Crippen LogP contribution in [-0.2, 0) is 23.1 Å². The number of hydrogen-bond donors (Lipinski definition) is 1. The average molecular weight is 311 g/mol. The third-order valence-electron chi connectivity index (χ3n) is 3.01. The third-order valence-corrected chi connectivity index (χ3v) is 4.38. The maximum atomic E-state index is 13.6. The van der Waals surface area contributed by atoms with Crippen molar-refractivity contribution < 1.29 is 17.7 Å². The van der Waals surface area contributed by atoms with Crippen LogP contribution in [0, 0.1) is 11.6 Å². The summed E-state index contributed by atoms with van der Waals surface area (Å²) in [4.78, 5) is -0.157. The van der Waals surface area contributed by atoms with Crippen LogP contribution in [0.4, 0.5) is 8.78 Å². The van der Waals surface area contributed by atoms with Crippen molar-refractivity contribution in [3.8, 4) is 5.75 Å². The molecule has 3 nitrogen and oxygen atoms in total. The third kappa shape index (κ3) is 3.65. The van der Waals surface area contributed by atoms with E-state index < -0.39 is 22.4 Å². The molecule has 0 amide bonds. The number of rotatable bonds is 5. The van der Waals surface area contributed by atoms with Gasteiger partial charge in [0.05, 0.1) is 28.6 Å². The fraction of sp³-hybridized carbons (Fsp3) is 0.200. The summed E-state index contributed by atoms with van der Waals surface area (Å²) in [6, 6.07) is 8.19. The van der Waals surface area contributed by atoms with Gasteiger partial charge in [0.25, 0.3) is 0 Å². The SMILES string of the molecule is COc1ccc(CN)cc1CS(=O)c1cc(F)ccc1F. The highest BCUT2D eigenvalue weighted by Gasteiger charge is 2.14. The lowest BCUT2D eigenvalue weighted by Gasteiger charge is -2.10. The van der Waals surface area contributed by atoms with Crippen LogP contribution in [0.5, 0.6) is 5.75 Å². The Balaban J connectivity index is 2.32. The van der Waals surface area contributed by atoms with E-state index in [1.54, 1.807) is 18.2 Å². The van der Waals surface area contributed by atoms with Gasteiger partial charge in [0.15, 0.2) is 0 Å². The summed E-state index contributed by atoms with van der Waals surface area (Å²) in [5, 5.41) is 0. The molecule has 1 unspecified atom stereocenters. The Hall–Kier alpha value is -1.79. The summed E-state index contributed by atoms with van der Waals surface area (Å²) in [7, 11) is -0.221. The van der Waals surface area contributed by atoms with Crippen LogP contribution in [0.1, 0.15) is 11.1 Å². The minimum atomic E-state index is -1.71. The summed E-state index contributed by atoms with van der Waals surface area (Å²) < 4.78 is 44.3. The van der Waals surface area contributed by atoms with Crippen molar-refractivity contribution in [1.29, 1.82) is 0 Å².